The molecule has 2 atom stereocenters. The molecule has 0 rings (SSSR count). The van der Waals surface area contributed by atoms with Gasteiger partial charge in [0, 0.05) is 0 Å². The highest BCUT2D eigenvalue weighted by atomic mass is 16.9. The fourth-order valence-corrected chi connectivity index (χ4v) is 1.88. The van der Waals surface area contributed by atoms with Crippen LogP contribution in [-0.4, -0.2) is 180 Å². The lowest BCUT2D eigenvalue weighted by molar-refractivity contribution is -0.742. The van der Waals surface area contributed by atoms with Crippen molar-refractivity contribution in [2.45, 2.75) is 12.2 Å². The van der Waals surface area contributed by atoms with Gasteiger partial charge in [-0.25, -0.2) is 0 Å². The molecule has 0 aromatic carbocycles. The van der Waals surface area contributed by atoms with Crippen LogP contribution in [0.4, 0.5) is 0 Å². The Labute approximate surface area is 254 Å². The Morgan fingerprint density at radius 3 is 0.733 bits per heavy atom. The number of aliphatic hydroxyl groups excluding tert-OH is 4. The molecule has 45 heavy (non-hydrogen) atoms. The van der Waals surface area contributed by atoms with Crippen LogP contribution in [0.5, 0.6) is 0 Å². The molecule has 0 aliphatic heterocycles. The summed E-state index contributed by atoms with van der Waals surface area (Å²) in [4.78, 5) is 33.4. The Morgan fingerprint density at radius 2 is 0.556 bits per heavy atom. The predicted molar refractivity (Wildman–Crippen MR) is 137 cm³/mol. The first-order chi connectivity index (χ1) is 21.1. The van der Waals surface area contributed by atoms with Gasteiger partial charge >= 0.3 is 0 Å². The van der Waals surface area contributed by atoms with Gasteiger partial charge in [-0.3, -0.25) is 0 Å². The van der Waals surface area contributed by atoms with Gasteiger partial charge in [-0.15, -0.1) is 40.5 Å². The van der Waals surface area contributed by atoms with Gasteiger partial charge in [0.05, 0.1) is 106 Å². The van der Waals surface area contributed by atoms with Crippen molar-refractivity contribution in [3.63, 3.8) is 0 Å². The molecule has 8 N–H and O–H groups in total. The largest absolute Gasteiger partial charge is 0.394 e. The van der Waals surface area contributed by atoms with Gasteiger partial charge in [-0.2, -0.15) is 0 Å². The summed E-state index contributed by atoms with van der Waals surface area (Å²) in [6.07, 6.45) is -1.44. The standard InChI is InChI=1S/C18H38O11.4HNO3/c19-1-3-23-5-9-26-13-17(21)15-28-11-7-25-8-12-29-16-18(22)14-27-10-6-24-4-2-20;4*2-1(3)4/h17-22H,1-16H2;4*(H,2,3,4). The van der Waals surface area contributed by atoms with Crippen molar-refractivity contribution in [2.75, 3.05) is 106 Å². The Hall–Kier alpha value is -3.64. The van der Waals surface area contributed by atoms with Gasteiger partial charge in [0.1, 0.15) is 12.2 Å². The monoisotopic (exact) mass is 682 g/mol. The first-order valence-corrected chi connectivity index (χ1v) is 12.1. The van der Waals surface area contributed by atoms with E-state index in [4.69, 9.17) is 105 Å². The van der Waals surface area contributed by atoms with Crippen LogP contribution in [0.25, 0.3) is 0 Å². The third kappa shape index (κ3) is 100. The molecule has 27 nitrogen and oxygen atoms in total. The van der Waals surface area contributed by atoms with Crippen LogP contribution in [-0.2, 0) is 33.2 Å². The van der Waals surface area contributed by atoms with E-state index in [1.54, 1.807) is 0 Å². The zero-order valence-corrected chi connectivity index (χ0v) is 24.0. The van der Waals surface area contributed by atoms with Crippen molar-refractivity contribution >= 4 is 0 Å². The van der Waals surface area contributed by atoms with Crippen LogP contribution in [0.15, 0.2) is 0 Å². The number of aliphatic hydroxyl groups is 4. The van der Waals surface area contributed by atoms with Crippen LogP contribution < -0.4 is 0 Å². The highest BCUT2D eigenvalue weighted by Crippen LogP contribution is 1.91. The maximum Gasteiger partial charge on any atom is 0.291 e. The molecule has 27 heteroatoms. The molecule has 0 aromatic heterocycles. The summed E-state index contributed by atoms with van der Waals surface area (Å²) in [7, 11) is 0. The average Bonchev–Trinajstić information content (AvgIpc) is 2.90. The van der Waals surface area contributed by atoms with Crippen LogP contribution in [0.1, 0.15) is 0 Å². The first kappa shape index (κ1) is 51.0. The van der Waals surface area contributed by atoms with Crippen LogP contribution in [0.3, 0.4) is 0 Å². The van der Waals surface area contributed by atoms with E-state index in [-0.39, 0.29) is 52.9 Å². The second-order valence-electron chi connectivity index (χ2n) is 6.84. The first-order valence-electron chi connectivity index (χ1n) is 12.1. The van der Waals surface area contributed by atoms with Crippen molar-refractivity contribution in [1.82, 2.24) is 0 Å². The summed E-state index contributed by atoms with van der Waals surface area (Å²) in [6, 6.07) is 0. The average molecular weight is 683 g/mol. The summed E-state index contributed by atoms with van der Waals surface area (Å²) >= 11 is 0. The fraction of sp³-hybridized carbons (Fsp3) is 1.00. The molecule has 272 valence electrons. The molecule has 0 aliphatic rings. The Kier molecular flexibility index (Phi) is 50.7. The maximum absolute atomic E-state index is 9.65. The smallest absolute Gasteiger partial charge is 0.291 e. The summed E-state index contributed by atoms with van der Waals surface area (Å²) in [6.45, 7) is 3.95. The molecule has 0 radical (unpaired) electrons. The van der Waals surface area contributed by atoms with Crippen molar-refractivity contribution in [2.24, 2.45) is 0 Å². The molecule has 0 aliphatic carbocycles. The molecular formula is C18H42N4O23. The molecule has 0 heterocycles. The Balaban J connectivity index is -0.000000272. The molecule has 0 fully saturated rings. The SMILES string of the molecule is O=[N+]([O-])O.O=[N+]([O-])O.O=[N+]([O-])O.O=[N+]([O-])O.OCCOCCOCC(O)COCCOCCOCC(O)COCCOCCO. The summed E-state index contributed by atoms with van der Waals surface area (Å²) < 4.78 is 36.3. The molecule has 2 unspecified atom stereocenters. The number of rotatable bonds is 24. The zero-order valence-electron chi connectivity index (χ0n) is 24.0. The van der Waals surface area contributed by atoms with Gasteiger partial charge in [0.2, 0.25) is 0 Å². The van der Waals surface area contributed by atoms with E-state index in [1.807, 2.05) is 0 Å². The van der Waals surface area contributed by atoms with Crippen molar-refractivity contribution < 1.29 is 94.8 Å². The highest BCUT2D eigenvalue weighted by molar-refractivity contribution is 4.52. The maximum atomic E-state index is 9.65. The number of ether oxygens (including phenoxy) is 7. The summed E-state index contributed by atoms with van der Waals surface area (Å²) in [5, 5.41) is 90.9. The second kappa shape index (κ2) is 44.8. The van der Waals surface area contributed by atoms with Crippen LogP contribution in [0, 0.1) is 40.5 Å². The van der Waals surface area contributed by atoms with Crippen molar-refractivity contribution in [3.8, 4) is 0 Å². The number of hydrogen-bond donors (Lipinski definition) is 8. The lowest BCUT2D eigenvalue weighted by Gasteiger charge is -2.13. The molecule has 0 saturated carbocycles. The van der Waals surface area contributed by atoms with E-state index in [2.05, 4.69) is 0 Å². The second-order valence-corrected chi connectivity index (χ2v) is 6.84. The topological polar surface area (TPSA) is 399 Å². The van der Waals surface area contributed by atoms with Gasteiger partial charge < -0.3 is 74.4 Å². The Bertz CT molecular complexity index is 559. The van der Waals surface area contributed by atoms with Gasteiger partial charge in [0.15, 0.2) is 0 Å². The van der Waals surface area contributed by atoms with Gasteiger partial charge in [-0.05, 0) is 0 Å². The van der Waals surface area contributed by atoms with E-state index < -0.39 is 32.6 Å². The van der Waals surface area contributed by atoms with Gasteiger partial charge in [0.25, 0.3) is 20.3 Å². The van der Waals surface area contributed by atoms with E-state index >= 15 is 0 Å². The van der Waals surface area contributed by atoms with Crippen LogP contribution >= 0.6 is 0 Å². The minimum atomic E-state index is -1.50. The molecule has 0 aromatic rings. The summed E-state index contributed by atoms with van der Waals surface area (Å²) in [5.41, 5.74) is 0. The van der Waals surface area contributed by atoms with Crippen molar-refractivity contribution in [1.29, 1.82) is 0 Å². The third-order valence-corrected chi connectivity index (χ3v) is 3.20. The number of hydrogen-bond acceptors (Lipinski definition) is 19. The fourth-order valence-electron chi connectivity index (χ4n) is 1.88. The van der Waals surface area contributed by atoms with E-state index in [9.17, 15) is 10.2 Å². The lowest BCUT2D eigenvalue weighted by Crippen LogP contribution is -2.25. The minimum absolute atomic E-state index is 0.0228. The minimum Gasteiger partial charge on any atom is -0.394 e. The van der Waals surface area contributed by atoms with Crippen LogP contribution in [0.2, 0.25) is 0 Å². The lowest BCUT2D eigenvalue weighted by atomic mass is 10.4. The molecule has 0 amide bonds. The Morgan fingerprint density at radius 1 is 0.400 bits per heavy atom. The molecule has 0 spiro atoms. The normalized spacial score (nSPS) is 10.9. The third-order valence-electron chi connectivity index (χ3n) is 3.20. The number of nitrogens with zero attached hydrogens (tertiary/aromatic N) is 4. The molecule has 0 bridgehead atoms. The summed E-state index contributed by atoms with van der Waals surface area (Å²) in [5.74, 6) is 0. The highest BCUT2D eigenvalue weighted by Gasteiger charge is 2.05. The van der Waals surface area contributed by atoms with E-state index in [0.717, 1.165) is 0 Å². The van der Waals surface area contributed by atoms with E-state index in [1.165, 1.54) is 0 Å². The quantitative estimate of drug-likeness (QED) is 0.0277. The van der Waals surface area contributed by atoms with Gasteiger partial charge in [-0.1, -0.05) is 0 Å². The van der Waals surface area contributed by atoms with Crippen molar-refractivity contribution in [3.05, 3.63) is 40.5 Å². The molecule has 0 saturated heterocycles. The van der Waals surface area contributed by atoms with E-state index in [0.29, 0.717) is 52.9 Å². The predicted octanol–water partition coefficient (Wildman–Crippen LogP) is -3.58. The zero-order chi connectivity index (χ0) is 35.7. The molecular weight excluding hydrogens is 640 g/mol.